The summed E-state index contributed by atoms with van der Waals surface area (Å²) in [6.07, 6.45) is 1.53. The molecule has 0 aliphatic rings. The lowest BCUT2D eigenvalue weighted by atomic mass is 10.1. The Kier molecular flexibility index (Phi) is 4.83. The molecular weight excluding hydrogens is 299 g/mol. The number of hydrogen-bond acceptors (Lipinski definition) is 3. The average Bonchev–Trinajstić information content (AvgIpc) is 2.50. The van der Waals surface area contributed by atoms with E-state index in [4.69, 9.17) is 4.74 Å². The number of rotatable bonds is 4. The van der Waals surface area contributed by atoms with Crippen LogP contribution in [0.15, 0.2) is 41.3 Å². The number of methoxy groups -OCH3 is 1. The lowest BCUT2D eigenvalue weighted by molar-refractivity contribution is 0.0980. The molecule has 23 heavy (non-hydrogen) atoms. The van der Waals surface area contributed by atoms with Crippen molar-refractivity contribution in [3.05, 3.63) is 58.3 Å². The van der Waals surface area contributed by atoms with E-state index >= 15 is 0 Å². The Morgan fingerprint density at radius 3 is 2.48 bits per heavy atom. The van der Waals surface area contributed by atoms with Crippen LogP contribution in [-0.2, 0) is 7.05 Å². The molecule has 0 saturated carbocycles. The quantitative estimate of drug-likeness (QED) is 0.870. The Labute approximate surface area is 133 Å². The van der Waals surface area contributed by atoms with Gasteiger partial charge in [0.2, 0.25) is 0 Å². The first kappa shape index (κ1) is 16.7. The Balaban J connectivity index is 2.45. The van der Waals surface area contributed by atoms with Crippen LogP contribution in [0.5, 0.6) is 5.75 Å². The Morgan fingerprint density at radius 2 is 1.96 bits per heavy atom. The molecule has 0 atom stereocenters. The molecule has 1 aromatic carbocycles. The van der Waals surface area contributed by atoms with Gasteiger partial charge in [0.1, 0.15) is 0 Å². The van der Waals surface area contributed by atoms with Crippen molar-refractivity contribution < 1.29 is 13.9 Å². The van der Waals surface area contributed by atoms with E-state index in [1.54, 1.807) is 19.2 Å². The third-order valence-electron chi connectivity index (χ3n) is 3.50. The SMILES string of the molecule is COc1ccc(N(C(=O)c2ccn(C)c(=O)c2)C(C)C)cc1F. The van der Waals surface area contributed by atoms with Crippen molar-refractivity contribution in [2.75, 3.05) is 12.0 Å². The highest BCUT2D eigenvalue weighted by Gasteiger charge is 2.22. The van der Waals surface area contributed by atoms with Gasteiger partial charge in [0.15, 0.2) is 11.6 Å². The maximum absolute atomic E-state index is 13.9. The van der Waals surface area contributed by atoms with Gasteiger partial charge in [-0.2, -0.15) is 0 Å². The minimum Gasteiger partial charge on any atom is -0.494 e. The van der Waals surface area contributed by atoms with E-state index in [9.17, 15) is 14.0 Å². The number of amides is 1. The number of ether oxygens (including phenoxy) is 1. The number of aromatic nitrogens is 1. The van der Waals surface area contributed by atoms with Crippen molar-refractivity contribution >= 4 is 11.6 Å². The molecule has 1 aromatic heterocycles. The molecule has 1 amide bonds. The van der Waals surface area contributed by atoms with Crippen LogP contribution in [0.4, 0.5) is 10.1 Å². The molecule has 2 rings (SSSR count). The van der Waals surface area contributed by atoms with Crippen molar-refractivity contribution in [2.45, 2.75) is 19.9 Å². The van der Waals surface area contributed by atoms with Crippen LogP contribution in [-0.4, -0.2) is 23.6 Å². The minimum atomic E-state index is -0.549. The fourth-order valence-corrected chi connectivity index (χ4v) is 2.28. The van der Waals surface area contributed by atoms with E-state index in [-0.39, 0.29) is 28.8 Å². The third-order valence-corrected chi connectivity index (χ3v) is 3.50. The second-order valence-electron chi connectivity index (χ2n) is 5.45. The number of carbonyl (C=O) groups is 1. The number of benzene rings is 1. The topological polar surface area (TPSA) is 51.5 Å². The molecule has 0 radical (unpaired) electrons. The maximum Gasteiger partial charge on any atom is 0.258 e. The molecule has 0 bridgehead atoms. The van der Waals surface area contributed by atoms with Gasteiger partial charge in [-0.1, -0.05) is 0 Å². The van der Waals surface area contributed by atoms with Crippen LogP contribution in [0.3, 0.4) is 0 Å². The predicted octanol–water partition coefficient (Wildman–Crippen LogP) is 2.59. The number of hydrogen-bond donors (Lipinski definition) is 0. The fraction of sp³-hybridized carbons (Fsp3) is 0.294. The van der Waals surface area contributed by atoms with Gasteiger partial charge in [0.05, 0.1) is 7.11 Å². The van der Waals surface area contributed by atoms with Gasteiger partial charge >= 0.3 is 0 Å². The summed E-state index contributed by atoms with van der Waals surface area (Å²) in [4.78, 5) is 25.9. The third kappa shape index (κ3) is 3.41. The van der Waals surface area contributed by atoms with Crippen molar-refractivity contribution in [1.29, 1.82) is 0 Å². The first-order valence-electron chi connectivity index (χ1n) is 7.19. The average molecular weight is 318 g/mol. The highest BCUT2D eigenvalue weighted by molar-refractivity contribution is 6.06. The number of anilines is 1. The predicted molar refractivity (Wildman–Crippen MR) is 86.6 cm³/mol. The van der Waals surface area contributed by atoms with Gasteiger partial charge in [0, 0.05) is 42.7 Å². The van der Waals surface area contributed by atoms with E-state index in [0.717, 1.165) is 0 Å². The van der Waals surface area contributed by atoms with Gasteiger partial charge in [-0.3, -0.25) is 9.59 Å². The van der Waals surface area contributed by atoms with Crippen LogP contribution in [0.1, 0.15) is 24.2 Å². The number of aryl methyl sites for hydroxylation is 1. The second-order valence-corrected chi connectivity index (χ2v) is 5.45. The minimum absolute atomic E-state index is 0.110. The molecule has 6 heteroatoms. The van der Waals surface area contributed by atoms with Gasteiger partial charge in [-0.25, -0.2) is 4.39 Å². The van der Waals surface area contributed by atoms with Crippen LogP contribution in [0.2, 0.25) is 0 Å². The zero-order chi connectivity index (χ0) is 17.1. The van der Waals surface area contributed by atoms with Crippen molar-refractivity contribution in [3.8, 4) is 5.75 Å². The molecule has 0 aliphatic heterocycles. The number of pyridine rings is 1. The molecule has 5 nitrogen and oxygen atoms in total. The van der Waals surface area contributed by atoms with E-state index < -0.39 is 5.82 Å². The monoisotopic (exact) mass is 318 g/mol. The van der Waals surface area contributed by atoms with Crippen LogP contribution in [0, 0.1) is 5.82 Å². The summed E-state index contributed by atoms with van der Waals surface area (Å²) in [5, 5.41) is 0. The standard InChI is InChI=1S/C17H19FN2O3/c1-11(2)20(13-5-6-15(23-4)14(18)10-13)17(22)12-7-8-19(3)16(21)9-12/h5-11H,1-4H3. The lowest BCUT2D eigenvalue weighted by Gasteiger charge is -2.27. The summed E-state index contributed by atoms with van der Waals surface area (Å²) < 4.78 is 20.2. The summed E-state index contributed by atoms with van der Waals surface area (Å²) in [6, 6.07) is 6.96. The highest BCUT2D eigenvalue weighted by Crippen LogP contribution is 2.26. The fourth-order valence-electron chi connectivity index (χ4n) is 2.28. The van der Waals surface area contributed by atoms with Gasteiger partial charge < -0.3 is 14.2 Å². The van der Waals surface area contributed by atoms with Gasteiger partial charge in [0.25, 0.3) is 11.5 Å². The molecule has 0 spiro atoms. The molecule has 2 aromatic rings. The van der Waals surface area contributed by atoms with Crippen molar-refractivity contribution in [1.82, 2.24) is 4.57 Å². The van der Waals surface area contributed by atoms with E-state index in [1.165, 1.54) is 41.0 Å². The molecule has 1 heterocycles. The Bertz CT molecular complexity index is 784. The van der Waals surface area contributed by atoms with E-state index in [1.807, 2.05) is 13.8 Å². The van der Waals surface area contributed by atoms with Gasteiger partial charge in [-0.05, 0) is 32.0 Å². The summed E-state index contributed by atoms with van der Waals surface area (Å²) in [6.45, 7) is 3.64. The largest absolute Gasteiger partial charge is 0.494 e. The molecule has 122 valence electrons. The van der Waals surface area contributed by atoms with Crippen LogP contribution < -0.4 is 15.2 Å². The summed E-state index contributed by atoms with van der Waals surface area (Å²) in [7, 11) is 2.98. The van der Waals surface area contributed by atoms with Crippen molar-refractivity contribution in [2.24, 2.45) is 7.05 Å². The number of nitrogens with zero attached hydrogens (tertiary/aromatic N) is 2. The van der Waals surface area contributed by atoms with E-state index in [2.05, 4.69) is 0 Å². The lowest BCUT2D eigenvalue weighted by Crippen LogP contribution is -2.37. The van der Waals surface area contributed by atoms with Crippen molar-refractivity contribution in [3.63, 3.8) is 0 Å². The summed E-state index contributed by atoms with van der Waals surface area (Å²) >= 11 is 0. The summed E-state index contributed by atoms with van der Waals surface area (Å²) in [5.41, 5.74) is 0.391. The zero-order valence-corrected chi connectivity index (χ0v) is 13.5. The molecule has 0 aliphatic carbocycles. The number of halogens is 1. The number of carbonyl (C=O) groups excluding carboxylic acids is 1. The van der Waals surface area contributed by atoms with Crippen LogP contribution in [0.25, 0.3) is 0 Å². The summed E-state index contributed by atoms with van der Waals surface area (Å²) in [5.74, 6) is -0.798. The first-order valence-corrected chi connectivity index (χ1v) is 7.19. The second kappa shape index (κ2) is 6.64. The maximum atomic E-state index is 13.9. The smallest absolute Gasteiger partial charge is 0.258 e. The van der Waals surface area contributed by atoms with Gasteiger partial charge in [-0.15, -0.1) is 0 Å². The zero-order valence-electron chi connectivity index (χ0n) is 13.5. The molecule has 0 N–H and O–H groups in total. The molecule has 0 unspecified atom stereocenters. The van der Waals surface area contributed by atoms with Crippen LogP contribution >= 0.6 is 0 Å². The molecule has 0 saturated heterocycles. The van der Waals surface area contributed by atoms with E-state index in [0.29, 0.717) is 5.69 Å². The highest BCUT2D eigenvalue weighted by atomic mass is 19.1. The Morgan fingerprint density at radius 1 is 1.26 bits per heavy atom. The Hall–Kier alpha value is -2.63. The molecule has 0 fully saturated rings. The first-order chi connectivity index (χ1) is 10.8. The normalized spacial score (nSPS) is 10.7. The molecular formula is C17H19FN2O3.